The van der Waals surface area contributed by atoms with Crippen LogP contribution in [0.4, 0.5) is 0 Å². The minimum atomic E-state index is 0.380. The van der Waals surface area contributed by atoms with E-state index in [-0.39, 0.29) is 0 Å². The average molecular weight is 166 g/mol. The summed E-state index contributed by atoms with van der Waals surface area (Å²) < 4.78 is 0. The Morgan fingerprint density at radius 1 is 1.55 bits per heavy atom. The maximum atomic E-state index is 6.70. The van der Waals surface area contributed by atoms with Gasteiger partial charge in [-0.25, -0.2) is 6.57 Å². The average Bonchev–Trinajstić information content (AvgIpc) is 1.97. The molecule has 1 aromatic carbocycles. The third kappa shape index (κ3) is 1.72. The van der Waals surface area contributed by atoms with Crippen molar-refractivity contribution in [1.82, 2.24) is 0 Å². The molecule has 0 atom stereocenters. The smallest absolute Gasteiger partial charge is 0.241 e. The number of rotatable bonds is 1. The van der Waals surface area contributed by atoms with Gasteiger partial charge in [-0.1, -0.05) is 23.7 Å². The van der Waals surface area contributed by atoms with Crippen LogP contribution in [0.2, 0.25) is 5.02 Å². The van der Waals surface area contributed by atoms with Crippen molar-refractivity contribution in [3.63, 3.8) is 0 Å². The molecule has 0 aliphatic carbocycles. The highest BCUT2D eigenvalue weighted by Crippen LogP contribution is 2.19. The molecule has 0 heterocycles. The van der Waals surface area contributed by atoms with Crippen LogP contribution in [-0.4, -0.2) is 0 Å². The first-order valence-corrected chi connectivity index (χ1v) is 3.70. The van der Waals surface area contributed by atoms with Crippen molar-refractivity contribution >= 4 is 11.6 Å². The van der Waals surface area contributed by atoms with Crippen LogP contribution in [0, 0.1) is 13.5 Å². The zero-order valence-corrected chi connectivity index (χ0v) is 7.02. The fourth-order valence-electron chi connectivity index (χ4n) is 0.946. The largest absolute Gasteiger partial charge is 0.312 e. The normalized spacial score (nSPS) is 9.18. The molecule has 0 aromatic heterocycles. The summed E-state index contributed by atoms with van der Waals surface area (Å²) in [6.45, 7) is 9.04. The number of aryl methyl sites for hydroxylation is 1. The summed E-state index contributed by atoms with van der Waals surface area (Å²) in [5.41, 5.74) is 2.04. The van der Waals surface area contributed by atoms with Gasteiger partial charge in [-0.15, -0.1) is 0 Å². The summed E-state index contributed by atoms with van der Waals surface area (Å²) in [7, 11) is 0. The van der Waals surface area contributed by atoms with Crippen LogP contribution >= 0.6 is 11.6 Å². The summed E-state index contributed by atoms with van der Waals surface area (Å²) in [4.78, 5) is 3.29. The Morgan fingerprint density at radius 3 is 2.82 bits per heavy atom. The van der Waals surface area contributed by atoms with Gasteiger partial charge in [0.2, 0.25) is 6.54 Å². The van der Waals surface area contributed by atoms with Gasteiger partial charge in [-0.05, 0) is 18.6 Å². The van der Waals surface area contributed by atoms with E-state index >= 15 is 0 Å². The molecule has 0 unspecified atom stereocenters. The first-order chi connectivity index (χ1) is 5.25. The highest BCUT2D eigenvalue weighted by atomic mass is 35.5. The molecule has 1 rings (SSSR count). The second-order valence-corrected chi connectivity index (χ2v) is 2.76. The molecule has 0 aliphatic heterocycles. The molecule has 56 valence electrons. The molecule has 2 heteroatoms. The van der Waals surface area contributed by atoms with E-state index in [1.807, 2.05) is 25.1 Å². The Hall–Kier alpha value is -1.00. The molecule has 0 N–H and O–H groups in total. The quantitative estimate of drug-likeness (QED) is 0.564. The Kier molecular flexibility index (Phi) is 2.51. The lowest BCUT2D eigenvalue weighted by Gasteiger charge is -1.99. The topological polar surface area (TPSA) is 4.36 Å². The van der Waals surface area contributed by atoms with Crippen LogP contribution in [0.1, 0.15) is 11.1 Å². The lowest BCUT2D eigenvalue weighted by atomic mass is 10.1. The minimum absolute atomic E-state index is 0.380. The van der Waals surface area contributed by atoms with Gasteiger partial charge in [-0.2, -0.15) is 0 Å². The standard InChI is InChI=1S/C9H8ClN/c1-7-4-3-5-9(10)8(7)6-11-2/h3-5H,6H2,1H3. The van der Waals surface area contributed by atoms with Gasteiger partial charge in [0.15, 0.2) is 0 Å². The van der Waals surface area contributed by atoms with E-state index in [9.17, 15) is 0 Å². The van der Waals surface area contributed by atoms with Crippen molar-refractivity contribution in [2.45, 2.75) is 13.5 Å². The lowest BCUT2D eigenvalue weighted by Crippen LogP contribution is -1.86. The molecule has 0 saturated heterocycles. The Morgan fingerprint density at radius 2 is 2.27 bits per heavy atom. The molecular weight excluding hydrogens is 158 g/mol. The molecular formula is C9H8ClN. The predicted molar refractivity (Wildman–Crippen MR) is 46.5 cm³/mol. The second kappa shape index (κ2) is 3.41. The number of benzene rings is 1. The van der Waals surface area contributed by atoms with E-state index in [2.05, 4.69) is 4.85 Å². The summed E-state index contributed by atoms with van der Waals surface area (Å²) in [6.07, 6.45) is 0. The lowest BCUT2D eigenvalue weighted by molar-refractivity contribution is 1.21. The van der Waals surface area contributed by atoms with Crippen LogP contribution in [0.15, 0.2) is 18.2 Å². The predicted octanol–water partition coefficient (Wildman–Crippen LogP) is 3.07. The summed E-state index contributed by atoms with van der Waals surface area (Å²) in [5.74, 6) is 0. The van der Waals surface area contributed by atoms with E-state index in [1.165, 1.54) is 0 Å². The third-order valence-corrected chi connectivity index (χ3v) is 1.94. The number of hydrogen-bond donors (Lipinski definition) is 0. The van der Waals surface area contributed by atoms with Gasteiger partial charge < -0.3 is 4.85 Å². The molecule has 0 amide bonds. The van der Waals surface area contributed by atoms with Gasteiger partial charge >= 0.3 is 0 Å². The van der Waals surface area contributed by atoms with Crippen LogP contribution in [0.3, 0.4) is 0 Å². The molecule has 0 spiro atoms. The highest BCUT2D eigenvalue weighted by molar-refractivity contribution is 6.31. The molecule has 0 saturated carbocycles. The van der Waals surface area contributed by atoms with Crippen molar-refractivity contribution in [3.05, 3.63) is 45.8 Å². The third-order valence-electron chi connectivity index (χ3n) is 1.59. The SMILES string of the molecule is [C-]#[N+]Cc1c(C)cccc1Cl. The summed E-state index contributed by atoms with van der Waals surface area (Å²) in [6, 6.07) is 5.67. The van der Waals surface area contributed by atoms with E-state index in [0.717, 1.165) is 11.1 Å². The van der Waals surface area contributed by atoms with Crippen molar-refractivity contribution in [1.29, 1.82) is 0 Å². The van der Waals surface area contributed by atoms with Gasteiger partial charge in [0, 0.05) is 0 Å². The van der Waals surface area contributed by atoms with Crippen LogP contribution < -0.4 is 0 Å². The Bertz CT molecular complexity index is 279. The van der Waals surface area contributed by atoms with Crippen molar-refractivity contribution in [3.8, 4) is 0 Å². The fourth-order valence-corrected chi connectivity index (χ4v) is 1.23. The molecule has 0 radical (unpaired) electrons. The van der Waals surface area contributed by atoms with E-state index in [1.54, 1.807) is 0 Å². The maximum absolute atomic E-state index is 6.70. The van der Waals surface area contributed by atoms with Crippen LogP contribution in [0.5, 0.6) is 0 Å². The Balaban J connectivity index is 3.12. The molecule has 0 aliphatic rings. The van der Waals surface area contributed by atoms with Crippen LogP contribution in [-0.2, 0) is 6.54 Å². The number of nitrogens with zero attached hydrogens (tertiary/aromatic N) is 1. The highest BCUT2D eigenvalue weighted by Gasteiger charge is 2.04. The van der Waals surface area contributed by atoms with Crippen molar-refractivity contribution in [2.75, 3.05) is 0 Å². The van der Waals surface area contributed by atoms with Crippen LogP contribution in [0.25, 0.3) is 4.85 Å². The second-order valence-electron chi connectivity index (χ2n) is 2.35. The van der Waals surface area contributed by atoms with Gasteiger partial charge in [0.25, 0.3) is 0 Å². The first kappa shape index (κ1) is 8.10. The number of hydrogen-bond acceptors (Lipinski definition) is 0. The first-order valence-electron chi connectivity index (χ1n) is 3.33. The zero-order chi connectivity index (χ0) is 8.27. The Labute approximate surface area is 71.4 Å². The monoisotopic (exact) mass is 165 g/mol. The zero-order valence-electron chi connectivity index (χ0n) is 6.26. The van der Waals surface area contributed by atoms with E-state index < -0.39 is 0 Å². The van der Waals surface area contributed by atoms with Gasteiger partial charge in [0.1, 0.15) is 0 Å². The van der Waals surface area contributed by atoms with Crippen molar-refractivity contribution < 1.29 is 0 Å². The minimum Gasteiger partial charge on any atom is -0.312 e. The molecule has 0 bridgehead atoms. The molecule has 1 aromatic rings. The molecule has 11 heavy (non-hydrogen) atoms. The van der Waals surface area contributed by atoms with Gasteiger partial charge in [-0.3, -0.25) is 0 Å². The summed E-state index contributed by atoms with van der Waals surface area (Å²) in [5, 5.41) is 0.695. The van der Waals surface area contributed by atoms with E-state index in [4.69, 9.17) is 18.2 Å². The maximum Gasteiger partial charge on any atom is 0.241 e. The fraction of sp³-hybridized carbons (Fsp3) is 0.222. The van der Waals surface area contributed by atoms with Gasteiger partial charge in [0.05, 0.1) is 10.6 Å². The molecule has 1 nitrogen and oxygen atoms in total. The summed E-state index contributed by atoms with van der Waals surface area (Å²) >= 11 is 5.86. The van der Waals surface area contributed by atoms with Crippen molar-refractivity contribution in [2.24, 2.45) is 0 Å². The molecule has 0 fully saturated rings. The number of halogens is 1. The van der Waals surface area contributed by atoms with E-state index in [0.29, 0.717) is 11.6 Å².